The van der Waals surface area contributed by atoms with Gasteiger partial charge in [-0.1, -0.05) is 34.1 Å². The van der Waals surface area contributed by atoms with Gasteiger partial charge in [-0.05, 0) is 62.5 Å². The molecule has 112 valence electrons. The minimum absolute atomic E-state index is 0.113. The van der Waals surface area contributed by atoms with Crippen molar-refractivity contribution in [3.63, 3.8) is 0 Å². The van der Waals surface area contributed by atoms with E-state index in [0.717, 1.165) is 36.8 Å². The summed E-state index contributed by atoms with van der Waals surface area (Å²) in [5.41, 5.74) is 0.903. The Labute approximate surface area is 135 Å². The molecule has 1 aromatic carbocycles. The van der Waals surface area contributed by atoms with E-state index in [1.165, 1.54) is 19.3 Å². The van der Waals surface area contributed by atoms with E-state index in [-0.39, 0.29) is 9.74 Å². The van der Waals surface area contributed by atoms with E-state index in [0.29, 0.717) is 5.91 Å². The highest BCUT2D eigenvalue weighted by atomic mass is 79.9. The fourth-order valence-corrected chi connectivity index (χ4v) is 6.98. The Bertz CT molecular complexity index is 556. The number of rotatable bonds is 2. The summed E-state index contributed by atoms with van der Waals surface area (Å²) >= 11 is 4.00. The third kappa shape index (κ3) is 2.16. The molecule has 2 nitrogen and oxygen atoms in total. The van der Waals surface area contributed by atoms with Crippen LogP contribution in [0, 0.1) is 17.3 Å². The summed E-state index contributed by atoms with van der Waals surface area (Å²) in [7, 11) is 1.94. The second-order valence-electron chi connectivity index (χ2n) is 7.59. The van der Waals surface area contributed by atoms with Gasteiger partial charge in [0.2, 0.25) is 5.91 Å². The molecule has 5 rings (SSSR count). The van der Waals surface area contributed by atoms with Gasteiger partial charge in [-0.2, -0.15) is 0 Å². The summed E-state index contributed by atoms with van der Waals surface area (Å²) in [4.78, 5) is 15.1. The van der Waals surface area contributed by atoms with Crippen molar-refractivity contribution in [2.75, 3.05) is 11.9 Å². The molecule has 4 bridgehead atoms. The van der Waals surface area contributed by atoms with E-state index in [9.17, 15) is 4.79 Å². The molecule has 0 aliphatic heterocycles. The summed E-state index contributed by atoms with van der Waals surface area (Å²) in [6.45, 7) is 0. The van der Waals surface area contributed by atoms with Crippen molar-refractivity contribution >= 4 is 27.5 Å². The maximum atomic E-state index is 13.2. The lowest BCUT2D eigenvalue weighted by Gasteiger charge is -2.59. The highest BCUT2D eigenvalue weighted by Gasteiger charge is 2.60. The summed E-state index contributed by atoms with van der Waals surface area (Å²) in [6, 6.07) is 10.1. The maximum Gasteiger partial charge on any atom is 0.233 e. The predicted molar refractivity (Wildman–Crippen MR) is 88.6 cm³/mol. The van der Waals surface area contributed by atoms with Gasteiger partial charge in [0.05, 0.1) is 5.41 Å². The minimum atomic E-state index is -0.113. The van der Waals surface area contributed by atoms with Crippen LogP contribution in [-0.2, 0) is 4.79 Å². The van der Waals surface area contributed by atoms with Crippen molar-refractivity contribution < 1.29 is 4.79 Å². The zero-order valence-corrected chi connectivity index (χ0v) is 14.1. The lowest BCUT2D eigenvalue weighted by atomic mass is 9.49. The first kappa shape index (κ1) is 13.8. The van der Waals surface area contributed by atoms with Crippen LogP contribution in [0.1, 0.15) is 38.5 Å². The molecule has 0 spiro atoms. The van der Waals surface area contributed by atoms with Crippen molar-refractivity contribution in [2.24, 2.45) is 17.3 Å². The van der Waals surface area contributed by atoms with Crippen molar-refractivity contribution in [1.29, 1.82) is 0 Å². The number of benzene rings is 1. The molecule has 0 saturated heterocycles. The van der Waals surface area contributed by atoms with Crippen LogP contribution in [0.15, 0.2) is 30.3 Å². The summed E-state index contributed by atoms with van der Waals surface area (Å²) in [5.74, 6) is 1.84. The molecule has 0 aromatic heterocycles. The fourth-order valence-electron chi connectivity index (χ4n) is 5.53. The number of hydrogen-bond acceptors (Lipinski definition) is 1. The number of carbonyl (C=O) groups is 1. The molecular formula is C18H22BrNO. The molecule has 2 unspecified atom stereocenters. The van der Waals surface area contributed by atoms with Crippen LogP contribution in [-0.4, -0.2) is 17.3 Å². The van der Waals surface area contributed by atoms with Crippen LogP contribution in [0.5, 0.6) is 0 Å². The lowest BCUT2D eigenvalue weighted by Crippen LogP contribution is -2.58. The van der Waals surface area contributed by atoms with Crippen LogP contribution < -0.4 is 4.90 Å². The Morgan fingerprint density at radius 1 is 1.14 bits per heavy atom. The monoisotopic (exact) mass is 347 g/mol. The third-order valence-electron chi connectivity index (χ3n) is 5.89. The van der Waals surface area contributed by atoms with E-state index in [1.54, 1.807) is 0 Å². The summed E-state index contributed by atoms with van der Waals surface area (Å²) in [5, 5.41) is 0. The molecule has 0 radical (unpaired) electrons. The number of hydrogen-bond donors (Lipinski definition) is 0. The Morgan fingerprint density at radius 2 is 1.76 bits per heavy atom. The van der Waals surface area contributed by atoms with Crippen molar-refractivity contribution in [1.82, 2.24) is 0 Å². The van der Waals surface area contributed by atoms with Crippen LogP contribution in [0.2, 0.25) is 0 Å². The van der Waals surface area contributed by atoms with Crippen molar-refractivity contribution in [3.05, 3.63) is 30.3 Å². The van der Waals surface area contributed by atoms with E-state index >= 15 is 0 Å². The Balaban J connectivity index is 1.65. The van der Waals surface area contributed by atoms with E-state index < -0.39 is 0 Å². The normalized spacial score (nSPS) is 40.3. The topological polar surface area (TPSA) is 20.3 Å². The average Bonchev–Trinajstić information content (AvgIpc) is 2.44. The Hall–Kier alpha value is -0.830. The van der Waals surface area contributed by atoms with Crippen LogP contribution in [0.4, 0.5) is 5.69 Å². The van der Waals surface area contributed by atoms with Crippen LogP contribution >= 0.6 is 15.9 Å². The number of amides is 1. The molecule has 0 N–H and O–H groups in total. The van der Waals surface area contributed by atoms with E-state index in [1.807, 2.05) is 42.3 Å². The predicted octanol–water partition coefficient (Wildman–Crippen LogP) is 4.38. The van der Waals surface area contributed by atoms with Gasteiger partial charge in [-0.3, -0.25) is 4.79 Å². The largest absolute Gasteiger partial charge is 0.315 e. The molecule has 21 heavy (non-hydrogen) atoms. The molecule has 1 amide bonds. The highest BCUT2D eigenvalue weighted by Crippen LogP contribution is 2.64. The standard InChI is InChI=1S/C18H22BrNO/c1-20(15-5-3-2-4-6-15)16(21)17-8-13-7-14(9-17)11-18(19,10-13)12-17/h2-6,13-14H,7-12H2,1H3. The molecule has 4 aliphatic rings. The summed E-state index contributed by atoms with van der Waals surface area (Å²) < 4.78 is 0.240. The van der Waals surface area contributed by atoms with Gasteiger partial charge in [-0.15, -0.1) is 0 Å². The van der Waals surface area contributed by atoms with Gasteiger partial charge in [0.25, 0.3) is 0 Å². The van der Waals surface area contributed by atoms with Crippen molar-refractivity contribution in [3.8, 4) is 0 Å². The number of halogens is 1. The molecule has 2 atom stereocenters. The lowest BCUT2D eigenvalue weighted by molar-refractivity contribution is -0.140. The van der Waals surface area contributed by atoms with E-state index in [4.69, 9.17) is 0 Å². The zero-order valence-electron chi connectivity index (χ0n) is 12.5. The zero-order chi connectivity index (χ0) is 14.7. The molecule has 4 fully saturated rings. The number of para-hydroxylation sites is 1. The quantitative estimate of drug-likeness (QED) is 0.726. The van der Waals surface area contributed by atoms with Gasteiger partial charge in [0.1, 0.15) is 0 Å². The van der Waals surface area contributed by atoms with Gasteiger partial charge < -0.3 is 4.90 Å². The number of alkyl halides is 1. The summed E-state index contributed by atoms with van der Waals surface area (Å²) in [6.07, 6.45) is 7.13. The third-order valence-corrected chi connectivity index (χ3v) is 6.82. The highest BCUT2D eigenvalue weighted by molar-refractivity contribution is 9.10. The van der Waals surface area contributed by atoms with Gasteiger partial charge >= 0.3 is 0 Å². The van der Waals surface area contributed by atoms with Crippen molar-refractivity contribution in [2.45, 2.75) is 42.8 Å². The SMILES string of the molecule is CN(C(=O)C12CC3CC(CC(Br)(C3)C1)C2)c1ccccc1. The molecule has 4 aliphatic carbocycles. The molecule has 4 saturated carbocycles. The van der Waals surface area contributed by atoms with Gasteiger partial charge in [0.15, 0.2) is 0 Å². The second kappa shape index (κ2) is 4.58. The maximum absolute atomic E-state index is 13.2. The Morgan fingerprint density at radius 3 is 2.33 bits per heavy atom. The number of carbonyl (C=O) groups excluding carboxylic acids is 1. The van der Waals surface area contributed by atoms with Crippen LogP contribution in [0.25, 0.3) is 0 Å². The minimum Gasteiger partial charge on any atom is -0.315 e. The molecular weight excluding hydrogens is 326 g/mol. The van der Waals surface area contributed by atoms with Gasteiger partial charge in [-0.25, -0.2) is 0 Å². The number of nitrogens with zero attached hydrogens (tertiary/aromatic N) is 1. The smallest absolute Gasteiger partial charge is 0.233 e. The molecule has 3 heteroatoms. The van der Waals surface area contributed by atoms with Gasteiger partial charge in [0, 0.05) is 17.1 Å². The Kier molecular flexibility index (Phi) is 3.01. The molecule has 1 aromatic rings. The second-order valence-corrected chi connectivity index (χ2v) is 9.27. The van der Waals surface area contributed by atoms with E-state index in [2.05, 4.69) is 15.9 Å². The first-order chi connectivity index (χ1) is 10.00. The first-order valence-corrected chi connectivity index (χ1v) is 8.81. The molecule has 0 heterocycles. The average molecular weight is 348 g/mol. The van der Waals surface area contributed by atoms with Crippen LogP contribution in [0.3, 0.4) is 0 Å². The fraction of sp³-hybridized carbons (Fsp3) is 0.611. The first-order valence-electron chi connectivity index (χ1n) is 8.02. The number of anilines is 1.